The Morgan fingerprint density at radius 2 is 1.88 bits per heavy atom. The van der Waals surface area contributed by atoms with Crippen LogP contribution in [0.2, 0.25) is 5.02 Å². The molecule has 2 aromatic rings. The molecule has 2 rings (SSSR count). The molecule has 0 unspecified atom stereocenters. The molecule has 0 aliphatic rings. The number of nitrogens with zero attached hydrogens (tertiary/aromatic N) is 1. The highest BCUT2D eigenvalue weighted by molar-refractivity contribution is 7.89. The Kier molecular flexibility index (Phi) is 5.87. The molecular weight excluding hydrogens is 356 g/mol. The molecule has 1 aromatic carbocycles. The van der Waals surface area contributed by atoms with E-state index in [2.05, 4.69) is 4.98 Å². The first-order valence-electron chi connectivity index (χ1n) is 6.97. The second-order valence-electron chi connectivity index (χ2n) is 4.97. The lowest BCUT2D eigenvalue weighted by atomic mass is 10.3. The Hall–Kier alpha value is -2.03. The average molecular weight is 373 g/mol. The number of H-pyrrole nitrogens is 1. The summed E-state index contributed by atoms with van der Waals surface area (Å²) in [6.07, 6.45) is 1.48. The first kappa shape index (κ1) is 18.3. The Balaban J connectivity index is 1.82. The molecule has 0 fully saturated rings. The number of aromatic nitrogens is 1. The van der Waals surface area contributed by atoms with Gasteiger partial charge in [0.2, 0.25) is 10.0 Å². The Bertz CT molecular complexity index is 800. The van der Waals surface area contributed by atoms with E-state index >= 15 is 0 Å². The summed E-state index contributed by atoms with van der Waals surface area (Å²) in [5.74, 6) is -0.0513. The van der Waals surface area contributed by atoms with E-state index in [9.17, 15) is 13.2 Å². The molecule has 9 heteroatoms. The number of halogens is 1. The van der Waals surface area contributed by atoms with E-state index in [0.29, 0.717) is 10.8 Å². The zero-order valence-electron chi connectivity index (χ0n) is 13.2. The van der Waals surface area contributed by atoms with Gasteiger partial charge in [-0.1, -0.05) is 11.6 Å². The fraction of sp³-hybridized carbons (Fsp3) is 0.267. The zero-order valence-corrected chi connectivity index (χ0v) is 14.7. The minimum atomic E-state index is -3.46. The van der Waals surface area contributed by atoms with Gasteiger partial charge in [-0.25, -0.2) is 17.5 Å². The van der Waals surface area contributed by atoms with Crippen molar-refractivity contribution < 1.29 is 22.7 Å². The smallest absolute Gasteiger partial charge is 0.354 e. The maximum Gasteiger partial charge on any atom is 0.354 e. The van der Waals surface area contributed by atoms with Crippen molar-refractivity contribution in [1.29, 1.82) is 0 Å². The van der Waals surface area contributed by atoms with Gasteiger partial charge in [0, 0.05) is 20.3 Å². The third-order valence-electron chi connectivity index (χ3n) is 3.06. The van der Waals surface area contributed by atoms with Gasteiger partial charge in [-0.3, -0.25) is 0 Å². The molecule has 130 valence electrons. The van der Waals surface area contributed by atoms with Crippen LogP contribution in [0.4, 0.5) is 0 Å². The van der Waals surface area contributed by atoms with Crippen LogP contribution in [0, 0.1) is 0 Å². The molecule has 0 amide bonds. The van der Waals surface area contributed by atoms with Gasteiger partial charge in [-0.2, -0.15) is 0 Å². The fourth-order valence-corrected chi connectivity index (χ4v) is 2.84. The monoisotopic (exact) mass is 372 g/mol. The molecular formula is C15H17ClN2O5S. The summed E-state index contributed by atoms with van der Waals surface area (Å²) in [4.78, 5) is 14.5. The first-order valence-corrected chi connectivity index (χ1v) is 8.79. The number of ether oxygens (including phenoxy) is 2. The second kappa shape index (κ2) is 7.69. The van der Waals surface area contributed by atoms with Crippen LogP contribution >= 0.6 is 11.6 Å². The molecule has 1 heterocycles. The molecule has 1 aromatic heterocycles. The van der Waals surface area contributed by atoms with Crippen molar-refractivity contribution in [2.75, 3.05) is 27.3 Å². The van der Waals surface area contributed by atoms with Crippen molar-refractivity contribution in [1.82, 2.24) is 9.29 Å². The number of carbonyl (C=O) groups is 1. The third-order valence-corrected chi connectivity index (χ3v) is 5.10. The van der Waals surface area contributed by atoms with E-state index < -0.39 is 16.0 Å². The highest BCUT2D eigenvalue weighted by atomic mass is 35.5. The van der Waals surface area contributed by atoms with Crippen molar-refractivity contribution >= 4 is 27.6 Å². The van der Waals surface area contributed by atoms with Gasteiger partial charge in [0.05, 0.1) is 9.92 Å². The normalized spacial score (nSPS) is 11.5. The Morgan fingerprint density at radius 3 is 2.42 bits per heavy atom. The predicted molar refractivity (Wildman–Crippen MR) is 88.9 cm³/mol. The summed E-state index contributed by atoms with van der Waals surface area (Å²) in [5.41, 5.74) is 0.262. The van der Waals surface area contributed by atoms with Crippen LogP contribution in [0.5, 0.6) is 5.75 Å². The number of rotatable bonds is 7. The number of carbonyl (C=O) groups excluding carboxylic acids is 1. The number of aromatic amines is 1. The molecule has 0 radical (unpaired) electrons. The van der Waals surface area contributed by atoms with Gasteiger partial charge in [0.1, 0.15) is 24.7 Å². The van der Waals surface area contributed by atoms with Gasteiger partial charge in [0.25, 0.3) is 0 Å². The molecule has 0 saturated carbocycles. The highest BCUT2D eigenvalue weighted by Crippen LogP contribution is 2.18. The minimum absolute atomic E-state index is 0.0488. The number of nitrogens with one attached hydrogen (secondary N) is 1. The highest BCUT2D eigenvalue weighted by Gasteiger charge is 2.16. The maximum atomic E-state index is 11.9. The molecule has 0 saturated heterocycles. The number of esters is 1. The van der Waals surface area contributed by atoms with E-state index in [-0.39, 0.29) is 23.8 Å². The van der Waals surface area contributed by atoms with Crippen molar-refractivity contribution in [3.63, 3.8) is 0 Å². The van der Waals surface area contributed by atoms with Crippen LogP contribution in [0.1, 0.15) is 10.5 Å². The molecule has 0 atom stereocenters. The topological polar surface area (TPSA) is 88.7 Å². The quantitative estimate of drug-likeness (QED) is 0.594. The lowest BCUT2D eigenvalue weighted by Crippen LogP contribution is -2.22. The van der Waals surface area contributed by atoms with Crippen LogP contribution < -0.4 is 4.74 Å². The molecule has 0 aliphatic carbocycles. The van der Waals surface area contributed by atoms with E-state index in [4.69, 9.17) is 21.1 Å². The third kappa shape index (κ3) is 4.50. The molecule has 0 spiro atoms. The summed E-state index contributed by atoms with van der Waals surface area (Å²) in [7, 11) is -0.537. The van der Waals surface area contributed by atoms with E-state index in [1.807, 2.05) is 0 Å². The minimum Gasteiger partial charge on any atom is -0.490 e. The number of sulfonamides is 1. The van der Waals surface area contributed by atoms with Gasteiger partial charge in [0.15, 0.2) is 0 Å². The molecule has 0 aliphatic heterocycles. The van der Waals surface area contributed by atoms with Crippen LogP contribution in [0.15, 0.2) is 41.4 Å². The van der Waals surface area contributed by atoms with Gasteiger partial charge >= 0.3 is 5.97 Å². The van der Waals surface area contributed by atoms with Gasteiger partial charge in [-0.15, -0.1) is 0 Å². The molecule has 1 N–H and O–H groups in total. The SMILES string of the molecule is CN(C)S(=O)(=O)c1ccc(OCCOC(=O)c2cc(Cl)c[nH]2)cc1. The van der Waals surface area contributed by atoms with E-state index in [1.165, 1.54) is 38.5 Å². The van der Waals surface area contributed by atoms with Crippen molar-refractivity contribution in [2.24, 2.45) is 0 Å². The Morgan fingerprint density at radius 1 is 1.21 bits per heavy atom. The van der Waals surface area contributed by atoms with Crippen molar-refractivity contribution in [2.45, 2.75) is 4.90 Å². The van der Waals surface area contributed by atoms with Crippen molar-refractivity contribution in [3.05, 3.63) is 47.2 Å². The molecule has 0 bridgehead atoms. The number of hydrogen-bond donors (Lipinski definition) is 1. The average Bonchev–Trinajstić information content (AvgIpc) is 2.98. The Labute approximate surface area is 145 Å². The lowest BCUT2D eigenvalue weighted by molar-refractivity contribution is 0.0444. The number of benzene rings is 1. The first-order chi connectivity index (χ1) is 11.3. The van der Waals surface area contributed by atoms with Crippen molar-refractivity contribution in [3.8, 4) is 5.75 Å². The van der Waals surface area contributed by atoms with Crippen LogP contribution in [0.25, 0.3) is 0 Å². The van der Waals surface area contributed by atoms with Crippen LogP contribution in [-0.2, 0) is 14.8 Å². The fourth-order valence-electron chi connectivity index (χ4n) is 1.78. The summed E-state index contributed by atoms with van der Waals surface area (Å²) < 4.78 is 35.4. The largest absolute Gasteiger partial charge is 0.490 e. The van der Waals surface area contributed by atoms with Crippen LogP contribution in [-0.4, -0.2) is 51.0 Å². The van der Waals surface area contributed by atoms with Crippen LogP contribution in [0.3, 0.4) is 0 Å². The summed E-state index contributed by atoms with van der Waals surface area (Å²) in [6, 6.07) is 7.47. The van der Waals surface area contributed by atoms with Gasteiger partial charge in [-0.05, 0) is 30.3 Å². The maximum absolute atomic E-state index is 11.9. The zero-order chi connectivity index (χ0) is 17.7. The predicted octanol–water partition coefficient (Wildman–Crippen LogP) is 2.15. The molecule has 7 nitrogen and oxygen atoms in total. The summed E-state index contributed by atoms with van der Waals surface area (Å²) >= 11 is 5.70. The lowest BCUT2D eigenvalue weighted by Gasteiger charge is -2.12. The second-order valence-corrected chi connectivity index (χ2v) is 7.56. The molecule has 24 heavy (non-hydrogen) atoms. The number of hydrogen-bond acceptors (Lipinski definition) is 5. The van der Waals surface area contributed by atoms with E-state index in [1.54, 1.807) is 12.1 Å². The standard InChI is InChI=1S/C15H17ClN2O5S/c1-18(2)24(20,21)13-5-3-12(4-6-13)22-7-8-23-15(19)14-9-11(16)10-17-14/h3-6,9-10,17H,7-8H2,1-2H3. The van der Waals surface area contributed by atoms with Gasteiger partial charge < -0.3 is 14.5 Å². The van der Waals surface area contributed by atoms with E-state index in [0.717, 1.165) is 4.31 Å². The summed E-state index contributed by atoms with van der Waals surface area (Å²) in [5, 5.41) is 0.422. The summed E-state index contributed by atoms with van der Waals surface area (Å²) in [6.45, 7) is 0.188.